The molecule has 1 aliphatic heterocycles. The predicted molar refractivity (Wildman–Crippen MR) is 55.8 cm³/mol. The zero-order valence-corrected chi connectivity index (χ0v) is 9.59. The Balaban J connectivity index is 1.95. The first kappa shape index (κ1) is 9.50. The van der Waals surface area contributed by atoms with Gasteiger partial charge in [-0.3, -0.25) is 4.79 Å². The zero-order valence-electron chi connectivity index (χ0n) is 8.00. The van der Waals surface area contributed by atoms with Gasteiger partial charge in [-0.25, -0.2) is 0 Å². The van der Waals surface area contributed by atoms with Crippen LogP contribution in [-0.4, -0.2) is 28.7 Å². The summed E-state index contributed by atoms with van der Waals surface area (Å²) in [5.41, 5.74) is 0. The summed E-state index contributed by atoms with van der Waals surface area (Å²) >= 11 is 3.48. The Hall–Kier alpha value is -0.0500. The van der Waals surface area contributed by atoms with E-state index in [0.717, 1.165) is 18.3 Å². The summed E-state index contributed by atoms with van der Waals surface area (Å²) in [7, 11) is 0. The lowest BCUT2D eigenvalue weighted by atomic mass is 10.2. The molecule has 0 spiro atoms. The summed E-state index contributed by atoms with van der Waals surface area (Å²) in [4.78, 5) is 14.0. The van der Waals surface area contributed by atoms with Gasteiger partial charge in [-0.2, -0.15) is 0 Å². The second-order valence-electron chi connectivity index (χ2n) is 4.30. The number of hydrogen-bond acceptors (Lipinski definition) is 1. The van der Waals surface area contributed by atoms with Crippen LogP contribution in [0.5, 0.6) is 0 Å². The number of alkyl halides is 1. The molecule has 0 bridgehead atoms. The molecule has 3 atom stereocenters. The van der Waals surface area contributed by atoms with Crippen molar-refractivity contribution in [3.05, 3.63) is 0 Å². The van der Waals surface area contributed by atoms with Crippen molar-refractivity contribution in [3.63, 3.8) is 0 Å². The Morgan fingerprint density at radius 3 is 2.85 bits per heavy atom. The maximum Gasteiger partial charge on any atom is 0.226 e. The molecular weight excluding hydrogens is 230 g/mol. The highest BCUT2D eigenvalue weighted by molar-refractivity contribution is 9.09. The molecule has 2 rings (SSSR count). The molecule has 1 saturated carbocycles. The zero-order chi connectivity index (χ0) is 9.42. The minimum atomic E-state index is 0.361. The lowest BCUT2D eigenvalue weighted by Gasteiger charge is -2.23. The van der Waals surface area contributed by atoms with Crippen LogP contribution in [0.1, 0.15) is 26.2 Å². The minimum Gasteiger partial charge on any atom is -0.339 e. The Bertz CT molecular complexity index is 219. The third kappa shape index (κ3) is 1.76. The van der Waals surface area contributed by atoms with Crippen LogP contribution in [0.3, 0.4) is 0 Å². The molecule has 2 fully saturated rings. The van der Waals surface area contributed by atoms with Gasteiger partial charge in [0.25, 0.3) is 0 Å². The number of nitrogens with zero attached hydrogens (tertiary/aromatic N) is 1. The average molecular weight is 246 g/mol. The fourth-order valence-electron chi connectivity index (χ4n) is 2.17. The van der Waals surface area contributed by atoms with E-state index in [1.165, 1.54) is 12.8 Å². The van der Waals surface area contributed by atoms with Gasteiger partial charge in [0, 0.05) is 23.8 Å². The standard InChI is InChI=1S/C10H16BrNO/c1-7-5-9(7)10(13)12-4-2-3-8(12)6-11/h7-9H,2-6H2,1H3. The van der Waals surface area contributed by atoms with Crippen LogP contribution in [0.2, 0.25) is 0 Å². The van der Waals surface area contributed by atoms with E-state index in [4.69, 9.17) is 0 Å². The molecule has 1 amide bonds. The first-order valence-electron chi connectivity index (χ1n) is 5.10. The van der Waals surface area contributed by atoms with E-state index in [1.54, 1.807) is 0 Å². The Labute approximate surface area is 87.8 Å². The second kappa shape index (κ2) is 3.60. The van der Waals surface area contributed by atoms with Crippen molar-refractivity contribution < 1.29 is 4.79 Å². The molecule has 0 N–H and O–H groups in total. The molecule has 74 valence electrons. The first-order valence-corrected chi connectivity index (χ1v) is 6.22. The third-order valence-electron chi connectivity index (χ3n) is 3.27. The summed E-state index contributed by atoms with van der Waals surface area (Å²) in [6, 6.07) is 0.472. The smallest absolute Gasteiger partial charge is 0.226 e. The van der Waals surface area contributed by atoms with Gasteiger partial charge in [0.05, 0.1) is 0 Å². The highest BCUT2D eigenvalue weighted by Crippen LogP contribution is 2.40. The molecule has 2 aliphatic rings. The van der Waals surface area contributed by atoms with Crippen LogP contribution >= 0.6 is 15.9 Å². The van der Waals surface area contributed by atoms with Crippen LogP contribution in [0.25, 0.3) is 0 Å². The number of hydrogen-bond donors (Lipinski definition) is 0. The quantitative estimate of drug-likeness (QED) is 0.683. The molecule has 0 aromatic rings. The molecule has 0 aromatic carbocycles. The van der Waals surface area contributed by atoms with Gasteiger partial charge in [-0.1, -0.05) is 22.9 Å². The molecule has 1 heterocycles. The fraction of sp³-hybridized carbons (Fsp3) is 0.900. The van der Waals surface area contributed by atoms with Gasteiger partial charge in [0.1, 0.15) is 0 Å². The number of halogens is 1. The normalized spacial score (nSPS) is 38.0. The van der Waals surface area contributed by atoms with Gasteiger partial charge in [-0.05, 0) is 25.2 Å². The molecule has 3 unspecified atom stereocenters. The molecule has 2 nitrogen and oxygen atoms in total. The van der Waals surface area contributed by atoms with Gasteiger partial charge in [0.2, 0.25) is 5.91 Å². The maximum atomic E-state index is 11.9. The maximum absolute atomic E-state index is 11.9. The monoisotopic (exact) mass is 245 g/mol. The number of carbonyl (C=O) groups is 1. The predicted octanol–water partition coefficient (Wildman–Crippen LogP) is 2.03. The van der Waals surface area contributed by atoms with E-state index < -0.39 is 0 Å². The summed E-state index contributed by atoms with van der Waals surface area (Å²) in [6.07, 6.45) is 3.48. The Kier molecular flexibility index (Phi) is 2.63. The van der Waals surface area contributed by atoms with Crippen molar-refractivity contribution in [2.45, 2.75) is 32.2 Å². The van der Waals surface area contributed by atoms with Gasteiger partial charge < -0.3 is 4.90 Å². The molecule has 3 heteroatoms. The van der Waals surface area contributed by atoms with E-state index in [1.807, 2.05) is 0 Å². The van der Waals surface area contributed by atoms with E-state index in [-0.39, 0.29) is 0 Å². The molecule has 1 aliphatic carbocycles. The number of amides is 1. The summed E-state index contributed by atoms with van der Waals surface area (Å²) in [6.45, 7) is 3.15. The highest BCUT2D eigenvalue weighted by atomic mass is 79.9. The van der Waals surface area contributed by atoms with Crippen molar-refractivity contribution in [1.29, 1.82) is 0 Å². The van der Waals surface area contributed by atoms with Gasteiger partial charge in [-0.15, -0.1) is 0 Å². The molecule has 1 saturated heterocycles. The van der Waals surface area contributed by atoms with Crippen molar-refractivity contribution in [1.82, 2.24) is 4.90 Å². The van der Waals surface area contributed by atoms with Crippen molar-refractivity contribution >= 4 is 21.8 Å². The van der Waals surface area contributed by atoms with E-state index in [9.17, 15) is 4.79 Å². The average Bonchev–Trinajstić information content (AvgIpc) is 2.70. The molecule has 0 radical (unpaired) electrons. The lowest BCUT2D eigenvalue weighted by Crippen LogP contribution is -2.37. The number of carbonyl (C=O) groups excluding carboxylic acids is 1. The summed E-state index contributed by atoms with van der Waals surface area (Å²) < 4.78 is 0. The molecule has 0 aromatic heterocycles. The topological polar surface area (TPSA) is 20.3 Å². The van der Waals surface area contributed by atoms with Crippen molar-refractivity contribution in [2.75, 3.05) is 11.9 Å². The fourth-order valence-corrected chi connectivity index (χ4v) is 2.84. The molecule has 13 heavy (non-hydrogen) atoms. The Morgan fingerprint density at radius 1 is 1.62 bits per heavy atom. The Morgan fingerprint density at radius 2 is 2.31 bits per heavy atom. The SMILES string of the molecule is CC1CC1C(=O)N1CCCC1CBr. The molecular formula is C10H16BrNO. The largest absolute Gasteiger partial charge is 0.339 e. The van der Waals surface area contributed by atoms with Crippen molar-refractivity contribution in [3.8, 4) is 0 Å². The van der Waals surface area contributed by atoms with Crippen LogP contribution in [0.4, 0.5) is 0 Å². The van der Waals surface area contributed by atoms with E-state index in [0.29, 0.717) is 23.8 Å². The van der Waals surface area contributed by atoms with E-state index >= 15 is 0 Å². The van der Waals surface area contributed by atoms with E-state index in [2.05, 4.69) is 27.8 Å². The first-order chi connectivity index (χ1) is 6.24. The van der Waals surface area contributed by atoms with Gasteiger partial charge >= 0.3 is 0 Å². The van der Waals surface area contributed by atoms with Crippen LogP contribution < -0.4 is 0 Å². The van der Waals surface area contributed by atoms with Crippen LogP contribution in [0, 0.1) is 11.8 Å². The highest BCUT2D eigenvalue weighted by Gasteiger charge is 2.43. The third-order valence-corrected chi connectivity index (χ3v) is 4.01. The lowest BCUT2D eigenvalue weighted by molar-refractivity contribution is -0.133. The number of likely N-dealkylation sites (tertiary alicyclic amines) is 1. The van der Waals surface area contributed by atoms with Crippen LogP contribution in [-0.2, 0) is 4.79 Å². The minimum absolute atomic E-state index is 0.361. The summed E-state index contributed by atoms with van der Waals surface area (Å²) in [5.74, 6) is 1.41. The van der Waals surface area contributed by atoms with Gasteiger partial charge in [0.15, 0.2) is 0 Å². The second-order valence-corrected chi connectivity index (χ2v) is 4.95. The van der Waals surface area contributed by atoms with Crippen molar-refractivity contribution in [2.24, 2.45) is 11.8 Å². The summed E-state index contributed by atoms with van der Waals surface area (Å²) in [5, 5.41) is 0.944. The van der Waals surface area contributed by atoms with Crippen LogP contribution in [0.15, 0.2) is 0 Å². The number of rotatable bonds is 2.